The van der Waals surface area contributed by atoms with Crippen molar-refractivity contribution in [2.24, 2.45) is 0 Å². The van der Waals surface area contributed by atoms with E-state index in [9.17, 15) is 0 Å². The molecule has 4 heterocycles. The third kappa shape index (κ3) is 11.5. The molecule has 0 amide bonds. The van der Waals surface area contributed by atoms with Crippen LogP contribution in [0.25, 0.3) is 143 Å². The molecular weight excluding hydrogens is 1170 g/mol. The summed E-state index contributed by atoms with van der Waals surface area (Å²) < 4.78 is 1.29. The van der Waals surface area contributed by atoms with Crippen LogP contribution >= 0.6 is 22.6 Å². The van der Waals surface area contributed by atoms with Crippen molar-refractivity contribution in [1.82, 2.24) is 19.9 Å². The van der Waals surface area contributed by atoms with Crippen molar-refractivity contribution in [1.29, 1.82) is 0 Å². The summed E-state index contributed by atoms with van der Waals surface area (Å²) in [5, 5.41) is 28.1. The predicted molar refractivity (Wildman–Crippen MR) is 378 cm³/mol. The predicted octanol–water partition coefficient (Wildman–Crippen LogP) is 20.3. The number of H-pyrrole nitrogens is 2. The molecule has 0 radical (unpaired) electrons. The highest BCUT2D eigenvalue weighted by atomic mass is 127. The average Bonchev–Trinajstić information content (AvgIpc) is 3.09. The van der Waals surface area contributed by atoms with Gasteiger partial charge in [-0.05, 0) is 189 Å². The van der Waals surface area contributed by atoms with Crippen LogP contribution in [0, 0.1) is 3.57 Å². The Hall–Kier alpha value is -10.2. The summed E-state index contributed by atoms with van der Waals surface area (Å²) in [7, 11) is -1.41. The molecule has 16 aromatic rings. The van der Waals surface area contributed by atoms with Gasteiger partial charge in [-0.15, -0.1) is 0 Å². The quantitative estimate of drug-likeness (QED) is 0.0900. The van der Waals surface area contributed by atoms with Gasteiger partial charge in [0.1, 0.15) is 0 Å². The van der Waals surface area contributed by atoms with E-state index in [1.807, 2.05) is 48.8 Å². The monoisotopic (exact) mass is 1240 g/mol. The second-order valence-corrected chi connectivity index (χ2v) is 22.6. The van der Waals surface area contributed by atoms with Crippen molar-refractivity contribution >= 4 is 100 Å². The minimum absolute atomic E-state index is 0. The summed E-state index contributed by atoms with van der Waals surface area (Å²) >= 11 is 2.44. The molecule has 6 nitrogen and oxygen atoms in total. The standard InChI is InChI=1S/C39H26N2.C28H18IN.C11H10BNO2.CH4.H2/c1-2-10-37-35(7-1)36-25-32(19-20-38(36)41-37)27-13-17-30(18-14-27)34-9-4-6-31-5-3-8-33(39(31)34)29-15-11-26(12-16-29)28-21-23-40-24-22-28;29-25-9-4-6-20-5-3-8-22(28(20)25)19-13-11-18(12-14-19)21-15-16-27-24(17-21)23-7-1-2-10-26(23)30-27;14-12(15)11-3-1-9(2-4-11)10-5-7-13-8-6-10;;/h1-25,41H;1-17,30H;1-8,14-15H;1H4;1H/i;;;;1+1. The Morgan fingerprint density at radius 1 is 0.299 bits per heavy atom. The topological polar surface area (TPSA) is 97.8 Å². The van der Waals surface area contributed by atoms with Crippen molar-refractivity contribution in [3.8, 4) is 77.9 Å². The minimum atomic E-state index is -1.41. The van der Waals surface area contributed by atoms with Gasteiger partial charge in [-0.2, -0.15) is 0 Å². The van der Waals surface area contributed by atoms with Crippen molar-refractivity contribution in [2.45, 2.75) is 7.43 Å². The van der Waals surface area contributed by atoms with Crippen LogP contribution in [0.3, 0.4) is 0 Å². The normalized spacial score (nSPS) is 11.1. The zero-order valence-corrected chi connectivity index (χ0v) is 48.8. The molecule has 0 atom stereocenters. The highest BCUT2D eigenvalue weighted by Gasteiger charge is 2.15. The lowest BCUT2D eigenvalue weighted by Crippen LogP contribution is -2.29. The maximum Gasteiger partial charge on any atom is 0.488 e. The molecule has 0 aliphatic rings. The van der Waals surface area contributed by atoms with Crippen molar-refractivity contribution in [3.63, 3.8) is 0 Å². The molecule has 0 spiro atoms. The van der Waals surface area contributed by atoms with E-state index in [1.54, 1.807) is 24.5 Å². The number of hydrogen-bond donors (Lipinski definition) is 4. The third-order valence-corrected chi connectivity index (χ3v) is 17.2. The first-order valence-electron chi connectivity index (χ1n) is 28.7. The Morgan fingerprint density at radius 2 is 0.621 bits per heavy atom. The lowest BCUT2D eigenvalue weighted by molar-refractivity contribution is 0.426. The van der Waals surface area contributed by atoms with Gasteiger partial charge in [0.2, 0.25) is 0 Å². The summed E-state index contributed by atoms with van der Waals surface area (Å²) in [6, 6.07) is 98.4. The van der Waals surface area contributed by atoms with E-state index < -0.39 is 7.12 Å². The van der Waals surface area contributed by atoms with Gasteiger partial charge in [-0.1, -0.05) is 220 Å². The Balaban J connectivity index is 0.000000140. The number of nitrogens with one attached hydrogen (secondary N) is 2. The molecule has 16 rings (SSSR count). The Kier molecular flexibility index (Phi) is 15.9. The first kappa shape index (κ1) is 55.9. The van der Waals surface area contributed by atoms with E-state index in [1.165, 1.54) is 135 Å². The third-order valence-electron chi connectivity index (χ3n) is 16.3. The second kappa shape index (κ2) is 24.8. The van der Waals surface area contributed by atoms with E-state index in [-0.39, 0.29) is 8.85 Å². The Morgan fingerprint density at radius 3 is 1.05 bits per heavy atom. The number of aromatic amines is 2. The molecule has 12 aromatic carbocycles. The molecular formula is C79H60BIN4O2. The number of para-hydroxylation sites is 2. The first-order valence-corrected chi connectivity index (χ1v) is 29.7. The number of aromatic nitrogens is 4. The van der Waals surface area contributed by atoms with Crippen LogP contribution in [0.4, 0.5) is 0 Å². The summed E-state index contributed by atoms with van der Waals surface area (Å²) in [6.45, 7) is 0. The van der Waals surface area contributed by atoms with Gasteiger partial charge in [0, 0.05) is 78.8 Å². The van der Waals surface area contributed by atoms with Gasteiger partial charge in [0.15, 0.2) is 0 Å². The Bertz CT molecular complexity index is 5060. The number of nitrogens with zero attached hydrogens (tertiary/aromatic N) is 2. The fourth-order valence-electron chi connectivity index (χ4n) is 11.9. The fourth-order valence-corrected chi connectivity index (χ4v) is 12.7. The smallest absolute Gasteiger partial charge is 0.423 e. The fraction of sp³-hybridized carbons (Fsp3) is 0.0127. The van der Waals surface area contributed by atoms with E-state index in [2.05, 4.69) is 273 Å². The van der Waals surface area contributed by atoms with Gasteiger partial charge in [-0.25, -0.2) is 0 Å². The van der Waals surface area contributed by atoms with Crippen LogP contribution < -0.4 is 5.46 Å². The minimum Gasteiger partial charge on any atom is -0.423 e. The van der Waals surface area contributed by atoms with E-state index in [0.29, 0.717) is 5.46 Å². The van der Waals surface area contributed by atoms with Gasteiger partial charge in [0.25, 0.3) is 0 Å². The molecule has 8 heteroatoms. The number of rotatable bonds is 8. The lowest BCUT2D eigenvalue weighted by Gasteiger charge is -2.14. The second-order valence-electron chi connectivity index (χ2n) is 21.4. The zero-order chi connectivity index (χ0) is 57.9. The van der Waals surface area contributed by atoms with Crippen molar-refractivity contribution in [2.75, 3.05) is 0 Å². The summed E-state index contributed by atoms with van der Waals surface area (Å²) in [5.41, 5.74) is 22.0. The average molecular weight is 1240 g/mol. The van der Waals surface area contributed by atoms with Gasteiger partial charge >= 0.3 is 7.12 Å². The zero-order valence-electron chi connectivity index (χ0n) is 46.6. The summed E-state index contributed by atoms with van der Waals surface area (Å²) in [6.07, 6.45) is 7.13. The van der Waals surface area contributed by atoms with Crippen LogP contribution in [-0.4, -0.2) is 37.1 Å². The largest absolute Gasteiger partial charge is 0.488 e. The molecule has 418 valence electrons. The molecule has 0 bridgehead atoms. The first-order chi connectivity index (χ1) is 42.4. The van der Waals surface area contributed by atoms with Gasteiger partial charge in [-0.3, -0.25) is 9.97 Å². The number of pyridine rings is 2. The molecule has 87 heavy (non-hydrogen) atoms. The number of benzene rings is 12. The molecule has 0 fully saturated rings. The van der Waals surface area contributed by atoms with E-state index in [4.69, 9.17) is 10.0 Å². The van der Waals surface area contributed by atoms with Gasteiger partial charge in [0.05, 0.1) is 0 Å². The highest BCUT2D eigenvalue weighted by molar-refractivity contribution is 14.1. The molecule has 0 aliphatic carbocycles. The summed E-state index contributed by atoms with van der Waals surface area (Å²) in [4.78, 5) is 15.1. The SMILES string of the molecule is C.Ic1cccc2cccc(-c3ccc(-c4ccc5[nH]c6ccccc6c5c4)cc3)c12.OB(O)c1ccc(-c2ccncc2)cc1.[2HH].c1cc(-c2ccc(-c3ccncc3)cc2)c2c(-c3ccc(-c4ccc5[nH]c6ccccc6c5c4)cc3)cccc2c1. The van der Waals surface area contributed by atoms with Gasteiger partial charge < -0.3 is 20.0 Å². The molecule has 0 saturated heterocycles. The summed E-state index contributed by atoms with van der Waals surface area (Å²) in [5.74, 6) is 0. The van der Waals surface area contributed by atoms with E-state index >= 15 is 0 Å². The molecule has 0 aliphatic heterocycles. The van der Waals surface area contributed by atoms with Crippen LogP contribution in [0.1, 0.15) is 8.85 Å². The lowest BCUT2D eigenvalue weighted by atomic mass is 9.80. The maximum absolute atomic E-state index is 8.93. The van der Waals surface area contributed by atoms with Crippen LogP contribution in [0.2, 0.25) is 0 Å². The number of fused-ring (bicyclic) bond motifs is 8. The molecule has 4 N–H and O–H groups in total. The molecule has 0 saturated carbocycles. The van der Waals surface area contributed by atoms with Crippen molar-refractivity contribution in [3.05, 3.63) is 307 Å². The maximum atomic E-state index is 8.93. The van der Waals surface area contributed by atoms with Crippen LogP contribution in [0.15, 0.2) is 304 Å². The van der Waals surface area contributed by atoms with E-state index in [0.717, 1.165) is 11.1 Å². The number of hydrogen-bond acceptors (Lipinski definition) is 4. The van der Waals surface area contributed by atoms with Crippen LogP contribution in [-0.2, 0) is 0 Å². The highest BCUT2D eigenvalue weighted by Crippen LogP contribution is 2.40. The molecule has 4 aromatic heterocycles. The van der Waals surface area contributed by atoms with Crippen molar-refractivity contribution < 1.29 is 11.5 Å². The number of halogens is 1. The Labute approximate surface area is 521 Å². The molecule has 0 unspecified atom stereocenters. The van der Waals surface area contributed by atoms with Crippen LogP contribution in [0.5, 0.6) is 0 Å².